The standard InChI is InChI=1S/C48H32N6/c1-5-37-29-33(9-17-41(37)49-25-1)13-21-45-46(22-14-34-10-18-42-38(30-34)6-2-26-50-42)54-48(24-16-36-12-20-44-40(32-36)8-4-28-52-44)47(53-45)23-15-35-11-19-43-39(31-35)7-3-27-51-43/h1-32H. The van der Waals surface area contributed by atoms with E-state index in [9.17, 15) is 0 Å². The Hall–Kier alpha value is -7.44. The van der Waals surface area contributed by atoms with Crippen molar-refractivity contribution in [2.75, 3.05) is 0 Å². The van der Waals surface area contributed by atoms with Crippen LogP contribution in [0.3, 0.4) is 0 Å². The second-order valence-corrected chi connectivity index (χ2v) is 12.9. The summed E-state index contributed by atoms with van der Waals surface area (Å²) in [5.41, 5.74) is 11.0. The predicted molar refractivity (Wildman–Crippen MR) is 225 cm³/mol. The number of fused-ring (bicyclic) bond motifs is 4. The molecule has 6 nitrogen and oxygen atoms in total. The van der Waals surface area contributed by atoms with Gasteiger partial charge in [0.15, 0.2) is 0 Å². The van der Waals surface area contributed by atoms with Crippen molar-refractivity contribution in [1.29, 1.82) is 0 Å². The normalized spacial score (nSPS) is 12.1. The molecule has 6 heteroatoms. The third-order valence-corrected chi connectivity index (χ3v) is 9.25. The molecule has 254 valence electrons. The van der Waals surface area contributed by atoms with Crippen LogP contribution < -0.4 is 0 Å². The molecule has 0 aliphatic heterocycles. The van der Waals surface area contributed by atoms with Crippen LogP contribution in [0.1, 0.15) is 45.0 Å². The van der Waals surface area contributed by atoms with Crippen LogP contribution in [0, 0.1) is 0 Å². The van der Waals surface area contributed by atoms with Crippen molar-refractivity contribution >= 4 is 92.2 Å². The number of aromatic nitrogens is 6. The highest BCUT2D eigenvalue weighted by Gasteiger charge is 2.09. The Morgan fingerprint density at radius 1 is 0.278 bits per heavy atom. The molecule has 0 N–H and O–H groups in total. The van der Waals surface area contributed by atoms with Gasteiger partial charge in [-0.1, -0.05) is 72.8 Å². The van der Waals surface area contributed by atoms with Crippen molar-refractivity contribution in [3.8, 4) is 0 Å². The van der Waals surface area contributed by atoms with Crippen molar-refractivity contribution in [1.82, 2.24) is 29.9 Å². The zero-order valence-corrected chi connectivity index (χ0v) is 29.2. The van der Waals surface area contributed by atoms with Gasteiger partial charge >= 0.3 is 0 Å². The molecule has 9 aromatic rings. The van der Waals surface area contributed by atoms with Gasteiger partial charge in [0.05, 0.1) is 44.8 Å². The number of pyridine rings is 4. The largest absolute Gasteiger partial charge is 0.256 e. The van der Waals surface area contributed by atoms with Crippen molar-refractivity contribution in [2.45, 2.75) is 0 Å². The van der Waals surface area contributed by atoms with E-state index < -0.39 is 0 Å². The molecular weight excluding hydrogens is 661 g/mol. The second-order valence-electron chi connectivity index (χ2n) is 12.9. The van der Waals surface area contributed by atoms with E-state index in [1.54, 1.807) is 0 Å². The van der Waals surface area contributed by atoms with E-state index in [4.69, 9.17) is 9.97 Å². The summed E-state index contributed by atoms with van der Waals surface area (Å²) < 4.78 is 0. The molecule has 0 saturated carbocycles. The minimum atomic E-state index is 0.747. The van der Waals surface area contributed by atoms with Gasteiger partial charge in [-0.3, -0.25) is 19.9 Å². The first-order valence-corrected chi connectivity index (χ1v) is 17.7. The maximum atomic E-state index is 5.27. The Morgan fingerprint density at radius 3 is 0.796 bits per heavy atom. The lowest BCUT2D eigenvalue weighted by molar-refractivity contribution is 1.12. The predicted octanol–water partition coefficient (Wildman–Crippen LogP) is 11.4. The average Bonchev–Trinajstić information content (AvgIpc) is 3.23. The summed E-state index contributed by atoms with van der Waals surface area (Å²) in [4.78, 5) is 28.5. The topological polar surface area (TPSA) is 77.3 Å². The van der Waals surface area contributed by atoms with E-state index in [1.807, 2.05) is 97.6 Å². The van der Waals surface area contributed by atoms with Crippen LogP contribution in [-0.4, -0.2) is 29.9 Å². The Balaban J connectivity index is 1.16. The minimum absolute atomic E-state index is 0.747. The molecule has 0 unspecified atom stereocenters. The maximum absolute atomic E-state index is 5.27. The van der Waals surface area contributed by atoms with E-state index >= 15 is 0 Å². The Bertz CT molecular complexity index is 2560. The summed E-state index contributed by atoms with van der Waals surface area (Å²) in [5.74, 6) is 0. The SMILES string of the molecule is C(=Cc1nc(C=Cc2ccc3ncccc3c2)c(C=Cc2ccc3ncccc3c2)nc1C=Cc1ccc2ncccc2c1)c1ccc2ncccc2c1. The molecule has 0 fully saturated rings. The number of rotatable bonds is 8. The van der Waals surface area contributed by atoms with E-state index in [-0.39, 0.29) is 0 Å². The molecule has 54 heavy (non-hydrogen) atoms. The van der Waals surface area contributed by atoms with Crippen LogP contribution in [0.4, 0.5) is 0 Å². The number of benzene rings is 4. The van der Waals surface area contributed by atoms with Crippen LogP contribution >= 0.6 is 0 Å². The summed E-state index contributed by atoms with van der Waals surface area (Å²) in [7, 11) is 0. The van der Waals surface area contributed by atoms with Gasteiger partial charge in [-0.25, -0.2) is 9.97 Å². The molecule has 0 bridgehead atoms. The van der Waals surface area contributed by atoms with E-state index in [2.05, 4.69) is 117 Å². The Labute approximate surface area is 312 Å². The highest BCUT2D eigenvalue weighted by atomic mass is 14.8. The zero-order chi connectivity index (χ0) is 36.1. The van der Waals surface area contributed by atoms with Gasteiger partial charge in [0, 0.05) is 46.3 Å². The van der Waals surface area contributed by atoms with E-state index in [0.717, 1.165) is 88.6 Å². The first-order chi connectivity index (χ1) is 26.7. The van der Waals surface area contributed by atoms with Crippen molar-refractivity contribution in [3.05, 3.63) is 191 Å². The smallest absolute Gasteiger partial charge is 0.0894 e. The number of nitrogens with zero attached hydrogens (tertiary/aromatic N) is 6. The van der Waals surface area contributed by atoms with Crippen LogP contribution in [-0.2, 0) is 0 Å². The third kappa shape index (κ3) is 7.17. The molecule has 5 heterocycles. The molecule has 0 radical (unpaired) electrons. The average molecular weight is 693 g/mol. The van der Waals surface area contributed by atoms with Gasteiger partial charge in [-0.15, -0.1) is 0 Å². The van der Waals surface area contributed by atoms with Gasteiger partial charge in [-0.2, -0.15) is 0 Å². The third-order valence-electron chi connectivity index (χ3n) is 9.25. The molecule has 0 amide bonds. The van der Waals surface area contributed by atoms with Crippen LogP contribution in [0.25, 0.3) is 92.2 Å². The maximum Gasteiger partial charge on any atom is 0.0894 e. The zero-order valence-electron chi connectivity index (χ0n) is 29.2. The summed E-state index contributed by atoms with van der Waals surface area (Å²) in [6.45, 7) is 0. The van der Waals surface area contributed by atoms with Crippen molar-refractivity contribution in [3.63, 3.8) is 0 Å². The highest BCUT2D eigenvalue weighted by Crippen LogP contribution is 2.24. The van der Waals surface area contributed by atoms with Crippen molar-refractivity contribution in [2.24, 2.45) is 0 Å². The molecule has 9 rings (SSSR count). The lowest BCUT2D eigenvalue weighted by Crippen LogP contribution is -2.00. The molecule has 0 saturated heterocycles. The van der Waals surface area contributed by atoms with Gasteiger partial charge in [0.25, 0.3) is 0 Å². The summed E-state index contributed by atoms with van der Waals surface area (Å²) in [5, 5.41) is 4.32. The van der Waals surface area contributed by atoms with Gasteiger partial charge < -0.3 is 0 Å². The number of hydrogen-bond acceptors (Lipinski definition) is 6. The first kappa shape index (κ1) is 32.5. The quantitative estimate of drug-likeness (QED) is 0.158. The molecule has 0 aliphatic carbocycles. The Kier molecular flexibility index (Phi) is 8.81. The molecule has 5 aromatic heterocycles. The van der Waals surface area contributed by atoms with E-state index in [1.165, 1.54) is 0 Å². The second kappa shape index (κ2) is 14.7. The summed E-state index contributed by atoms with van der Waals surface area (Å²) in [6, 6.07) is 41.1. The minimum Gasteiger partial charge on any atom is -0.256 e. The highest BCUT2D eigenvalue weighted by molar-refractivity contribution is 5.88. The molecule has 4 aromatic carbocycles. The van der Waals surface area contributed by atoms with Crippen LogP contribution in [0.2, 0.25) is 0 Å². The lowest BCUT2D eigenvalue weighted by Gasteiger charge is -2.08. The fourth-order valence-electron chi connectivity index (χ4n) is 6.47. The van der Waals surface area contributed by atoms with Gasteiger partial charge in [0.1, 0.15) is 0 Å². The molecule has 0 spiro atoms. The van der Waals surface area contributed by atoms with Crippen molar-refractivity contribution < 1.29 is 0 Å². The molecule has 0 atom stereocenters. The Morgan fingerprint density at radius 2 is 0.537 bits per heavy atom. The molecular formula is C48H32N6. The van der Waals surface area contributed by atoms with Crippen LogP contribution in [0.15, 0.2) is 146 Å². The fraction of sp³-hybridized carbons (Fsp3) is 0. The van der Waals surface area contributed by atoms with E-state index in [0.29, 0.717) is 0 Å². The van der Waals surface area contributed by atoms with Crippen LogP contribution in [0.5, 0.6) is 0 Å². The van der Waals surface area contributed by atoms with Gasteiger partial charge in [0.2, 0.25) is 0 Å². The number of hydrogen-bond donors (Lipinski definition) is 0. The van der Waals surface area contributed by atoms with Gasteiger partial charge in [-0.05, 0) is 119 Å². The molecule has 0 aliphatic rings. The monoisotopic (exact) mass is 692 g/mol. The lowest BCUT2D eigenvalue weighted by atomic mass is 10.1. The summed E-state index contributed by atoms with van der Waals surface area (Å²) in [6.07, 6.45) is 23.7. The first-order valence-electron chi connectivity index (χ1n) is 17.7. The summed E-state index contributed by atoms with van der Waals surface area (Å²) >= 11 is 0. The fourth-order valence-corrected chi connectivity index (χ4v) is 6.47.